The summed E-state index contributed by atoms with van der Waals surface area (Å²) in [7, 11) is 0. The van der Waals surface area contributed by atoms with Crippen molar-refractivity contribution in [1.82, 2.24) is 0 Å². The van der Waals surface area contributed by atoms with Gasteiger partial charge in [-0.2, -0.15) is 0 Å². The molecule has 10 aromatic rings. The molecular formula is C58H41N. The lowest BCUT2D eigenvalue weighted by molar-refractivity contribution is 1.28. The Morgan fingerprint density at radius 1 is 0.203 bits per heavy atom. The van der Waals surface area contributed by atoms with E-state index in [4.69, 9.17) is 0 Å². The quantitative estimate of drug-likeness (QED) is 0.142. The zero-order valence-electron chi connectivity index (χ0n) is 32.6. The van der Waals surface area contributed by atoms with Gasteiger partial charge in [0.05, 0.1) is 0 Å². The maximum atomic E-state index is 2.35. The molecule has 10 rings (SSSR count). The van der Waals surface area contributed by atoms with Crippen LogP contribution in [0, 0.1) is 0 Å². The summed E-state index contributed by atoms with van der Waals surface area (Å²) in [6.45, 7) is 0. The number of rotatable bonds is 9. The molecule has 0 amide bonds. The van der Waals surface area contributed by atoms with Crippen molar-refractivity contribution in [2.24, 2.45) is 0 Å². The molecule has 0 atom stereocenters. The first-order valence-corrected chi connectivity index (χ1v) is 20.2. The Hall–Kier alpha value is -7.74. The van der Waals surface area contributed by atoms with Gasteiger partial charge in [0.2, 0.25) is 0 Å². The van der Waals surface area contributed by atoms with Crippen molar-refractivity contribution in [3.05, 3.63) is 249 Å². The summed E-state index contributed by atoms with van der Waals surface area (Å²) in [5.74, 6) is 0. The van der Waals surface area contributed by atoms with Gasteiger partial charge in [0.15, 0.2) is 0 Å². The Kier molecular flexibility index (Phi) is 9.68. The SMILES string of the molecule is c1ccc(-c2ccc(-c3cc(-c4ccc(N(c5ccc(-c6ccccc6)cc5)c5ccc(-c6cccc7ccccc67)cc5)cc4)ccc3-c3ccccc3)cc2)cc1. The van der Waals surface area contributed by atoms with Gasteiger partial charge in [0, 0.05) is 17.1 Å². The summed E-state index contributed by atoms with van der Waals surface area (Å²) < 4.78 is 0. The van der Waals surface area contributed by atoms with Crippen molar-refractivity contribution < 1.29 is 0 Å². The third kappa shape index (κ3) is 7.34. The Bertz CT molecular complexity index is 2970. The molecule has 0 spiro atoms. The van der Waals surface area contributed by atoms with E-state index in [0.29, 0.717) is 0 Å². The molecule has 0 saturated heterocycles. The van der Waals surface area contributed by atoms with E-state index in [-0.39, 0.29) is 0 Å². The molecule has 0 aliphatic carbocycles. The fraction of sp³-hybridized carbons (Fsp3) is 0. The first-order valence-electron chi connectivity index (χ1n) is 20.2. The van der Waals surface area contributed by atoms with Crippen LogP contribution in [0.4, 0.5) is 17.1 Å². The minimum atomic E-state index is 1.09. The maximum absolute atomic E-state index is 2.35. The molecule has 0 aliphatic rings. The second-order valence-electron chi connectivity index (χ2n) is 14.9. The minimum Gasteiger partial charge on any atom is -0.311 e. The summed E-state index contributed by atoms with van der Waals surface area (Å²) in [6.07, 6.45) is 0. The summed E-state index contributed by atoms with van der Waals surface area (Å²) >= 11 is 0. The van der Waals surface area contributed by atoms with Gasteiger partial charge in [-0.05, 0) is 120 Å². The molecular weight excluding hydrogens is 711 g/mol. The van der Waals surface area contributed by atoms with E-state index < -0.39 is 0 Å². The van der Waals surface area contributed by atoms with Gasteiger partial charge in [0.1, 0.15) is 0 Å². The van der Waals surface area contributed by atoms with Crippen LogP contribution >= 0.6 is 0 Å². The largest absolute Gasteiger partial charge is 0.311 e. The summed E-state index contributed by atoms with van der Waals surface area (Å²) in [5, 5.41) is 2.51. The van der Waals surface area contributed by atoms with Crippen molar-refractivity contribution in [2.75, 3.05) is 4.90 Å². The van der Waals surface area contributed by atoms with Gasteiger partial charge in [-0.3, -0.25) is 0 Å². The van der Waals surface area contributed by atoms with Crippen molar-refractivity contribution in [2.45, 2.75) is 0 Å². The molecule has 0 bridgehead atoms. The predicted octanol–water partition coefficient (Wildman–Crippen LogP) is 16.3. The fourth-order valence-electron chi connectivity index (χ4n) is 8.26. The summed E-state index contributed by atoms with van der Waals surface area (Å²) in [5.41, 5.74) is 17.7. The molecule has 0 saturated carbocycles. The summed E-state index contributed by atoms with van der Waals surface area (Å²) in [4.78, 5) is 2.35. The van der Waals surface area contributed by atoms with Crippen LogP contribution in [0.3, 0.4) is 0 Å². The van der Waals surface area contributed by atoms with E-state index in [9.17, 15) is 0 Å². The molecule has 10 aromatic carbocycles. The van der Waals surface area contributed by atoms with Crippen LogP contribution < -0.4 is 4.90 Å². The van der Waals surface area contributed by atoms with Crippen LogP contribution in [0.1, 0.15) is 0 Å². The lowest BCUT2D eigenvalue weighted by atomic mass is 9.90. The Balaban J connectivity index is 1.02. The van der Waals surface area contributed by atoms with E-state index in [1.807, 2.05) is 0 Å². The number of hydrogen-bond acceptors (Lipinski definition) is 1. The van der Waals surface area contributed by atoms with Crippen LogP contribution in [0.25, 0.3) is 77.5 Å². The molecule has 1 heteroatoms. The number of benzene rings is 10. The molecule has 59 heavy (non-hydrogen) atoms. The highest BCUT2D eigenvalue weighted by molar-refractivity contribution is 5.97. The zero-order valence-corrected chi connectivity index (χ0v) is 32.6. The van der Waals surface area contributed by atoms with E-state index in [1.165, 1.54) is 77.5 Å². The van der Waals surface area contributed by atoms with Crippen LogP contribution in [-0.4, -0.2) is 0 Å². The van der Waals surface area contributed by atoms with Crippen molar-refractivity contribution >= 4 is 27.8 Å². The van der Waals surface area contributed by atoms with Gasteiger partial charge >= 0.3 is 0 Å². The van der Waals surface area contributed by atoms with Gasteiger partial charge in [0.25, 0.3) is 0 Å². The molecule has 0 N–H and O–H groups in total. The zero-order chi connectivity index (χ0) is 39.4. The van der Waals surface area contributed by atoms with E-state index in [1.54, 1.807) is 0 Å². The molecule has 278 valence electrons. The number of anilines is 3. The van der Waals surface area contributed by atoms with E-state index in [2.05, 4.69) is 254 Å². The molecule has 0 aromatic heterocycles. The lowest BCUT2D eigenvalue weighted by Gasteiger charge is -2.26. The molecule has 0 unspecified atom stereocenters. The first-order chi connectivity index (χ1) is 29.2. The smallest absolute Gasteiger partial charge is 0.0462 e. The second-order valence-corrected chi connectivity index (χ2v) is 14.9. The molecule has 0 fully saturated rings. The standard InChI is InChI=1S/C58H41N/c1-4-13-42(14-5-1)44-23-25-50(26-24-44)58-41-51(33-40-57(58)47-17-8-3-9-18-47)46-29-36-53(37-30-46)59(52-34-27-45(28-35-52)43-15-6-2-7-16-43)54-38-31-49(32-39-54)56-22-12-20-48-19-10-11-21-55(48)56/h1-41H. The highest BCUT2D eigenvalue weighted by atomic mass is 15.1. The van der Waals surface area contributed by atoms with Crippen LogP contribution in [0.5, 0.6) is 0 Å². The summed E-state index contributed by atoms with van der Waals surface area (Å²) in [6, 6.07) is 89.7. The van der Waals surface area contributed by atoms with Gasteiger partial charge in [-0.25, -0.2) is 0 Å². The number of fused-ring (bicyclic) bond motifs is 1. The maximum Gasteiger partial charge on any atom is 0.0462 e. The second kappa shape index (κ2) is 16.0. The number of hydrogen-bond donors (Lipinski definition) is 0. The number of nitrogens with zero attached hydrogens (tertiary/aromatic N) is 1. The van der Waals surface area contributed by atoms with Gasteiger partial charge in [-0.1, -0.05) is 206 Å². The molecule has 0 heterocycles. The lowest BCUT2D eigenvalue weighted by Crippen LogP contribution is -2.09. The third-order valence-electron chi connectivity index (χ3n) is 11.3. The van der Waals surface area contributed by atoms with Crippen molar-refractivity contribution in [1.29, 1.82) is 0 Å². The monoisotopic (exact) mass is 751 g/mol. The average molecular weight is 752 g/mol. The Morgan fingerprint density at radius 3 is 1.12 bits per heavy atom. The molecule has 1 nitrogen and oxygen atoms in total. The Labute approximate surface area is 346 Å². The van der Waals surface area contributed by atoms with Crippen LogP contribution in [0.2, 0.25) is 0 Å². The Morgan fingerprint density at radius 2 is 0.559 bits per heavy atom. The average Bonchev–Trinajstić information content (AvgIpc) is 3.33. The minimum absolute atomic E-state index is 1.09. The van der Waals surface area contributed by atoms with E-state index >= 15 is 0 Å². The predicted molar refractivity (Wildman–Crippen MR) is 251 cm³/mol. The first kappa shape index (κ1) is 35.7. The molecule has 0 aliphatic heterocycles. The normalized spacial score (nSPS) is 11.1. The van der Waals surface area contributed by atoms with E-state index in [0.717, 1.165) is 17.1 Å². The highest BCUT2D eigenvalue weighted by Crippen LogP contribution is 2.40. The van der Waals surface area contributed by atoms with Crippen molar-refractivity contribution in [3.63, 3.8) is 0 Å². The van der Waals surface area contributed by atoms with Gasteiger partial charge < -0.3 is 4.90 Å². The molecule has 0 radical (unpaired) electrons. The highest BCUT2D eigenvalue weighted by Gasteiger charge is 2.16. The van der Waals surface area contributed by atoms with Gasteiger partial charge in [-0.15, -0.1) is 0 Å². The fourth-order valence-corrected chi connectivity index (χ4v) is 8.26. The van der Waals surface area contributed by atoms with Crippen LogP contribution in [-0.2, 0) is 0 Å². The third-order valence-corrected chi connectivity index (χ3v) is 11.3. The van der Waals surface area contributed by atoms with Crippen LogP contribution in [0.15, 0.2) is 249 Å². The van der Waals surface area contributed by atoms with Crippen molar-refractivity contribution in [3.8, 4) is 66.8 Å². The topological polar surface area (TPSA) is 3.24 Å².